The second-order valence-electron chi connectivity index (χ2n) is 6.34. The van der Waals surface area contributed by atoms with Crippen LogP contribution in [0.25, 0.3) is 0 Å². The number of ether oxygens (including phenoxy) is 1. The van der Waals surface area contributed by atoms with Gasteiger partial charge < -0.3 is 14.9 Å². The number of hydroxylamine groups is 2. The summed E-state index contributed by atoms with van der Waals surface area (Å²) in [5.74, 6) is 0.0314. The van der Waals surface area contributed by atoms with Crippen molar-refractivity contribution in [1.29, 1.82) is 0 Å². The Bertz CT molecular complexity index is 614. The number of hydrogen-bond donors (Lipinski definition) is 2. The number of allylic oxidation sites excluding steroid dienone is 1. The van der Waals surface area contributed by atoms with Crippen molar-refractivity contribution in [3.63, 3.8) is 0 Å². The van der Waals surface area contributed by atoms with Crippen molar-refractivity contribution in [2.24, 2.45) is 5.92 Å². The Morgan fingerprint density at radius 1 is 1.32 bits per heavy atom. The summed E-state index contributed by atoms with van der Waals surface area (Å²) in [7, 11) is 3.06. The largest absolute Gasteiger partial charge is 0.508 e. The highest BCUT2D eigenvalue weighted by Crippen LogP contribution is 2.31. The average molecular weight is 349 g/mol. The van der Waals surface area contributed by atoms with Crippen molar-refractivity contribution >= 4 is 5.91 Å². The molecule has 2 N–H and O–H groups in total. The Kier molecular flexibility index (Phi) is 7.28. The molecule has 0 spiro atoms. The molecule has 1 aromatic carbocycles. The molecular formula is C19H27NO5. The summed E-state index contributed by atoms with van der Waals surface area (Å²) in [5, 5.41) is 21.3. The van der Waals surface area contributed by atoms with E-state index in [0.29, 0.717) is 25.0 Å². The highest BCUT2D eigenvalue weighted by molar-refractivity contribution is 5.75. The number of phenolic OH excluding ortho intramolecular Hbond substituents is 2. The number of carbonyl (C=O) groups excluding carboxylic acids is 1. The van der Waals surface area contributed by atoms with Crippen LogP contribution in [0.2, 0.25) is 0 Å². The first-order valence-electron chi connectivity index (χ1n) is 8.58. The van der Waals surface area contributed by atoms with E-state index < -0.39 is 0 Å². The van der Waals surface area contributed by atoms with E-state index in [4.69, 9.17) is 9.57 Å². The summed E-state index contributed by atoms with van der Waals surface area (Å²) in [6.45, 7) is 0.866. The van der Waals surface area contributed by atoms with Crippen LogP contribution in [0.3, 0.4) is 0 Å². The molecule has 6 heteroatoms. The topological polar surface area (TPSA) is 79.2 Å². The Balaban J connectivity index is 2.25. The number of benzene rings is 1. The minimum atomic E-state index is -0.0919. The molecule has 1 atom stereocenters. The van der Waals surface area contributed by atoms with Gasteiger partial charge in [0.15, 0.2) is 0 Å². The molecule has 1 aliphatic rings. The van der Waals surface area contributed by atoms with E-state index in [1.165, 1.54) is 18.2 Å². The van der Waals surface area contributed by atoms with Gasteiger partial charge in [-0.25, -0.2) is 5.06 Å². The summed E-state index contributed by atoms with van der Waals surface area (Å²) < 4.78 is 5.64. The van der Waals surface area contributed by atoms with Crippen LogP contribution in [0, 0.1) is 5.92 Å². The summed E-state index contributed by atoms with van der Waals surface area (Å²) in [5.41, 5.74) is 1.50. The van der Waals surface area contributed by atoms with Crippen LogP contribution in [-0.2, 0) is 27.4 Å². The molecule has 6 nitrogen and oxygen atoms in total. The Morgan fingerprint density at radius 3 is 2.84 bits per heavy atom. The normalized spacial score (nSPS) is 20.0. The van der Waals surface area contributed by atoms with Gasteiger partial charge in [-0.2, -0.15) is 0 Å². The van der Waals surface area contributed by atoms with Crippen LogP contribution in [0.15, 0.2) is 24.3 Å². The maximum absolute atomic E-state index is 12.2. The van der Waals surface area contributed by atoms with Gasteiger partial charge in [0.1, 0.15) is 11.5 Å². The number of amides is 1. The van der Waals surface area contributed by atoms with Crippen molar-refractivity contribution in [2.75, 3.05) is 20.8 Å². The second kappa shape index (κ2) is 9.44. The predicted molar refractivity (Wildman–Crippen MR) is 94.0 cm³/mol. The molecule has 1 aliphatic heterocycles. The average Bonchev–Trinajstić information content (AvgIpc) is 2.56. The molecule has 0 saturated carbocycles. The number of carbonyl (C=O) groups is 1. The van der Waals surface area contributed by atoms with Crippen LogP contribution in [-0.4, -0.2) is 41.9 Å². The third-order valence-corrected chi connectivity index (χ3v) is 4.48. The van der Waals surface area contributed by atoms with Crippen LogP contribution in [0.1, 0.15) is 36.8 Å². The van der Waals surface area contributed by atoms with E-state index in [9.17, 15) is 15.0 Å². The van der Waals surface area contributed by atoms with Gasteiger partial charge in [0.05, 0.1) is 20.3 Å². The fourth-order valence-corrected chi connectivity index (χ4v) is 3.01. The standard InChI is InChI=1S/C19H27NO5/c1-20(24-2)19(23)10-14-7-5-3-4-6-8-25-13-17-15(9-14)11-16(21)12-18(17)22/h3-4,11-12,14,21-22H,5-10,13H2,1-2H3/b4-3+. The highest BCUT2D eigenvalue weighted by atomic mass is 16.7. The molecule has 138 valence electrons. The molecule has 0 bridgehead atoms. The fraction of sp³-hybridized carbons (Fsp3) is 0.526. The van der Waals surface area contributed by atoms with Crippen molar-refractivity contribution < 1.29 is 24.6 Å². The lowest BCUT2D eigenvalue weighted by Gasteiger charge is -2.22. The van der Waals surface area contributed by atoms with Crippen LogP contribution >= 0.6 is 0 Å². The Hall–Kier alpha value is -2.05. The first-order valence-corrected chi connectivity index (χ1v) is 8.58. The molecule has 0 aliphatic carbocycles. The van der Waals surface area contributed by atoms with E-state index >= 15 is 0 Å². The smallest absolute Gasteiger partial charge is 0.246 e. The lowest BCUT2D eigenvalue weighted by molar-refractivity contribution is -0.169. The third-order valence-electron chi connectivity index (χ3n) is 4.48. The maximum atomic E-state index is 12.2. The summed E-state index contributed by atoms with van der Waals surface area (Å²) in [6, 6.07) is 2.98. The van der Waals surface area contributed by atoms with E-state index in [-0.39, 0.29) is 29.9 Å². The molecule has 2 rings (SSSR count). The zero-order valence-electron chi connectivity index (χ0n) is 14.9. The number of hydrogen-bond acceptors (Lipinski definition) is 5. The van der Waals surface area contributed by atoms with Gasteiger partial charge in [0, 0.05) is 25.1 Å². The summed E-state index contributed by atoms with van der Waals surface area (Å²) >= 11 is 0. The van der Waals surface area contributed by atoms with Crippen molar-refractivity contribution in [1.82, 2.24) is 5.06 Å². The molecule has 0 fully saturated rings. The number of rotatable bonds is 3. The molecule has 1 heterocycles. The summed E-state index contributed by atoms with van der Waals surface area (Å²) in [6.07, 6.45) is 7.64. The molecule has 1 aromatic rings. The van der Waals surface area contributed by atoms with E-state index in [2.05, 4.69) is 12.2 Å². The van der Waals surface area contributed by atoms with Gasteiger partial charge in [-0.1, -0.05) is 12.2 Å². The van der Waals surface area contributed by atoms with Gasteiger partial charge in [-0.3, -0.25) is 9.63 Å². The van der Waals surface area contributed by atoms with Crippen LogP contribution in [0.4, 0.5) is 0 Å². The lowest BCUT2D eigenvalue weighted by atomic mass is 9.89. The van der Waals surface area contributed by atoms with E-state index in [1.807, 2.05) is 0 Å². The Labute approximate surface area is 148 Å². The summed E-state index contributed by atoms with van der Waals surface area (Å²) in [4.78, 5) is 17.2. The zero-order valence-corrected chi connectivity index (χ0v) is 14.9. The molecule has 0 aromatic heterocycles. The first-order chi connectivity index (χ1) is 12.0. The predicted octanol–water partition coefficient (Wildman–Crippen LogP) is 2.92. The van der Waals surface area contributed by atoms with Crippen LogP contribution in [0.5, 0.6) is 11.5 Å². The number of fused-ring (bicyclic) bond motifs is 1. The quantitative estimate of drug-likeness (QED) is 0.648. The number of phenols is 2. The second-order valence-corrected chi connectivity index (χ2v) is 6.34. The van der Waals surface area contributed by atoms with Crippen molar-refractivity contribution in [3.8, 4) is 11.5 Å². The number of nitrogens with zero attached hydrogens (tertiary/aromatic N) is 1. The SMILES string of the molecule is CON(C)C(=O)CC1CC/C=C/CCOCc2c(O)cc(O)cc2C1. The van der Waals surface area contributed by atoms with Crippen LogP contribution < -0.4 is 0 Å². The van der Waals surface area contributed by atoms with E-state index in [0.717, 1.165) is 24.8 Å². The molecular weight excluding hydrogens is 322 g/mol. The molecule has 0 radical (unpaired) electrons. The monoisotopic (exact) mass is 349 g/mol. The lowest BCUT2D eigenvalue weighted by Crippen LogP contribution is -2.28. The Morgan fingerprint density at radius 2 is 2.08 bits per heavy atom. The maximum Gasteiger partial charge on any atom is 0.246 e. The third kappa shape index (κ3) is 5.76. The van der Waals surface area contributed by atoms with Gasteiger partial charge in [0.25, 0.3) is 0 Å². The zero-order chi connectivity index (χ0) is 18.2. The van der Waals surface area contributed by atoms with Crippen molar-refractivity contribution in [2.45, 2.75) is 38.7 Å². The van der Waals surface area contributed by atoms with Gasteiger partial charge in [0.2, 0.25) is 5.91 Å². The minimum absolute atomic E-state index is 0.0160. The minimum Gasteiger partial charge on any atom is -0.508 e. The van der Waals surface area contributed by atoms with Gasteiger partial charge >= 0.3 is 0 Å². The molecule has 25 heavy (non-hydrogen) atoms. The van der Waals surface area contributed by atoms with Gasteiger partial charge in [-0.05, 0) is 43.2 Å². The highest BCUT2D eigenvalue weighted by Gasteiger charge is 2.20. The first kappa shape index (κ1) is 19.3. The number of aromatic hydroxyl groups is 2. The van der Waals surface area contributed by atoms with Gasteiger partial charge in [-0.15, -0.1) is 0 Å². The molecule has 0 saturated heterocycles. The molecule has 1 unspecified atom stereocenters. The molecule has 1 amide bonds. The van der Waals surface area contributed by atoms with Crippen molar-refractivity contribution in [3.05, 3.63) is 35.4 Å². The van der Waals surface area contributed by atoms with E-state index in [1.54, 1.807) is 13.1 Å². The fourth-order valence-electron chi connectivity index (χ4n) is 3.01.